The van der Waals surface area contributed by atoms with Gasteiger partial charge >= 0.3 is 17.8 Å². The van der Waals surface area contributed by atoms with Crippen molar-refractivity contribution in [3.8, 4) is 44.6 Å². The molecule has 0 spiro atoms. The second-order valence-corrected chi connectivity index (χ2v) is 18.7. The highest BCUT2D eigenvalue weighted by Crippen LogP contribution is 2.66. The van der Waals surface area contributed by atoms with E-state index in [0.29, 0.717) is 32.0 Å². The predicted octanol–water partition coefficient (Wildman–Crippen LogP) is 15.8. The van der Waals surface area contributed by atoms with Gasteiger partial charge in [-0.3, -0.25) is 0 Å². The van der Waals surface area contributed by atoms with Crippen LogP contribution in [-0.2, 0) is 6.42 Å². The van der Waals surface area contributed by atoms with Gasteiger partial charge in [0, 0.05) is 43.2 Å². The van der Waals surface area contributed by atoms with E-state index in [1.807, 2.05) is 24.3 Å². The van der Waals surface area contributed by atoms with Gasteiger partial charge in [-0.05, 0) is 93.0 Å². The van der Waals surface area contributed by atoms with Gasteiger partial charge in [0.05, 0.1) is 9.75 Å². The molecule has 4 aromatic carbocycles. The second kappa shape index (κ2) is 21.1. The zero-order valence-corrected chi connectivity index (χ0v) is 37.8. The molecule has 0 atom stereocenters. The van der Waals surface area contributed by atoms with Crippen LogP contribution in [0.3, 0.4) is 0 Å². The number of alkyl halides is 6. The van der Waals surface area contributed by atoms with E-state index >= 15 is 26.3 Å². The molecular weight excluding hydrogens is 853 g/mol. The fourth-order valence-corrected chi connectivity index (χ4v) is 10.0. The maximum Gasteiger partial charge on any atom is 0.380 e. The number of hydrogen-bond donors (Lipinski definition) is 0. The molecule has 7 rings (SSSR count). The van der Waals surface area contributed by atoms with Gasteiger partial charge in [-0.1, -0.05) is 166 Å². The average Bonchev–Trinajstić information content (AvgIpc) is 3.94. The van der Waals surface area contributed by atoms with Gasteiger partial charge in [0.25, 0.3) is 0 Å². The van der Waals surface area contributed by atoms with Gasteiger partial charge in [0.1, 0.15) is 0 Å². The first-order valence-electron chi connectivity index (χ1n) is 22.0. The Morgan fingerprint density at radius 3 is 1.28 bits per heavy atom. The molecule has 0 saturated heterocycles. The van der Waals surface area contributed by atoms with Gasteiger partial charge in [-0.25, -0.2) is 0 Å². The minimum absolute atomic E-state index is 0.0247. The number of rotatable bonds is 17. The van der Waals surface area contributed by atoms with Crippen molar-refractivity contribution >= 4 is 33.8 Å². The summed E-state index contributed by atoms with van der Waals surface area (Å²) in [5.74, 6) is -4.63. The molecule has 2 aromatic heterocycles. The number of aryl methyl sites for hydroxylation is 1. The molecule has 0 unspecified atom stereocenters. The first-order valence-corrected chi connectivity index (χ1v) is 23.6. The molecule has 0 saturated carbocycles. The Bertz CT molecular complexity index is 2620. The maximum atomic E-state index is 16.6. The predicted molar refractivity (Wildman–Crippen MR) is 254 cm³/mol. The fraction of sp³-hybridized carbons (Fsp3) is 0.309. The van der Waals surface area contributed by atoms with E-state index in [2.05, 4.69) is 42.7 Å². The maximum absolute atomic E-state index is 16.6. The SMILES string of the molecule is CN(C)CCCCCCCCCCCCc1ccc(-c2cc(C3=C(c4cc(-c5ccccc5)sc4C#Cc4ccccc4)C(F)(F)C(F)(F)C3(F)F)c(C#Cc3ccccc3)s2)cc1. The quantitative estimate of drug-likeness (QED) is 0.0501. The van der Waals surface area contributed by atoms with Crippen LogP contribution in [0.25, 0.3) is 32.0 Å². The number of nitrogens with zero attached hydrogens (tertiary/aromatic N) is 1. The Kier molecular flexibility index (Phi) is 15.4. The summed E-state index contributed by atoms with van der Waals surface area (Å²) in [6.07, 6.45) is 13.1. The fourth-order valence-electron chi connectivity index (χ4n) is 7.97. The first kappa shape index (κ1) is 46.7. The Labute approximate surface area is 381 Å². The van der Waals surface area contributed by atoms with Crippen molar-refractivity contribution in [1.29, 1.82) is 0 Å². The third-order valence-electron chi connectivity index (χ3n) is 11.5. The monoisotopic (exact) mass is 903 g/mol. The number of allylic oxidation sites excluding steroid dienone is 2. The van der Waals surface area contributed by atoms with Crippen LogP contribution < -0.4 is 0 Å². The van der Waals surface area contributed by atoms with Crippen molar-refractivity contribution in [2.24, 2.45) is 0 Å². The van der Waals surface area contributed by atoms with E-state index in [4.69, 9.17) is 0 Å². The topological polar surface area (TPSA) is 3.24 Å². The van der Waals surface area contributed by atoms with Crippen LogP contribution in [0.4, 0.5) is 26.3 Å². The van der Waals surface area contributed by atoms with Crippen LogP contribution in [0.1, 0.15) is 102 Å². The van der Waals surface area contributed by atoms with E-state index < -0.39 is 40.0 Å². The van der Waals surface area contributed by atoms with E-state index in [9.17, 15) is 0 Å². The molecule has 0 fully saturated rings. The highest BCUT2D eigenvalue weighted by molar-refractivity contribution is 7.16. The molecule has 330 valence electrons. The van der Waals surface area contributed by atoms with Crippen molar-refractivity contribution < 1.29 is 26.3 Å². The normalized spacial score (nSPS) is 14.9. The van der Waals surface area contributed by atoms with Crippen LogP contribution in [-0.4, -0.2) is 43.3 Å². The summed E-state index contributed by atoms with van der Waals surface area (Å²) in [5.41, 5.74) is -0.362. The van der Waals surface area contributed by atoms with Crippen LogP contribution in [0, 0.1) is 23.7 Å². The zero-order valence-electron chi connectivity index (χ0n) is 36.1. The molecule has 1 nitrogen and oxygen atoms in total. The third kappa shape index (κ3) is 10.8. The summed E-state index contributed by atoms with van der Waals surface area (Å²) in [6.45, 7) is 1.15. The molecule has 9 heteroatoms. The summed E-state index contributed by atoms with van der Waals surface area (Å²) >= 11 is 2.00. The van der Waals surface area contributed by atoms with Crippen molar-refractivity contribution in [1.82, 2.24) is 4.90 Å². The first-order chi connectivity index (χ1) is 30.9. The lowest BCUT2D eigenvalue weighted by Crippen LogP contribution is -2.48. The summed E-state index contributed by atoms with van der Waals surface area (Å²) in [4.78, 5) is 3.03. The van der Waals surface area contributed by atoms with E-state index in [-0.39, 0.29) is 9.75 Å². The van der Waals surface area contributed by atoms with Crippen LogP contribution in [0.15, 0.2) is 127 Å². The summed E-state index contributed by atoms with van der Waals surface area (Å²) < 4.78 is 98.0. The number of thiophene rings is 2. The Morgan fingerprint density at radius 2 is 0.844 bits per heavy atom. The Morgan fingerprint density at radius 1 is 0.453 bits per heavy atom. The largest absolute Gasteiger partial charge is 0.380 e. The number of halogens is 6. The molecule has 1 aliphatic carbocycles. The standard InChI is InChI=1S/C55H51F6NS2/c1-62(2)37-21-10-8-6-4-3-5-7-9-14-26-42-29-33-44(34-30-42)50-39-46(48(64-50)36-32-41-24-17-12-18-25-41)52-51(53(56,57)55(60,61)54(52,58)59)45-38-49(43-27-19-13-20-28-43)63-47(45)35-31-40-22-15-11-16-23-40/h11-13,15-20,22-25,27-30,33-34,38-39H,3-10,14,21,26,37H2,1-2H3. The summed E-state index contributed by atoms with van der Waals surface area (Å²) in [6, 6.07) is 36.5. The summed E-state index contributed by atoms with van der Waals surface area (Å²) in [5, 5.41) is 0. The average molecular weight is 904 g/mol. The van der Waals surface area contributed by atoms with Crippen LogP contribution >= 0.6 is 22.7 Å². The highest BCUT2D eigenvalue weighted by atomic mass is 32.1. The van der Waals surface area contributed by atoms with Crippen molar-refractivity contribution in [3.05, 3.63) is 165 Å². The van der Waals surface area contributed by atoms with E-state index in [1.165, 1.54) is 63.5 Å². The second-order valence-electron chi connectivity index (χ2n) is 16.6. The molecule has 1 aliphatic rings. The van der Waals surface area contributed by atoms with Crippen molar-refractivity contribution in [3.63, 3.8) is 0 Å². The van der Waals surface area contributed by atoms with Crippen LogP contribution in [0.5, 0.6) is 0 Å². The lowest BCUT2D eigenvalue weighted by molar-refractivity contribution is -0.254. The van der Waals surface area contributed by atoms with E-state index in [0.717, 1.165) is 54.0 Å². The van der Waals surface area contributed by atoms with Crippen molar-refractivity contribution in [2.75, 3.05) is 20.6 Å². The van der Waals surface area contributed by atoms with Crippen molar-refractivity contribution in [2.45, 2.75) is 88.4 Å². The number of unbranched alkanes of at least 4 members (excludes halogenated alkanes) is 9. The molecule has 0 radical (unpaired) electrons. The smallest absolute Gasteiger partial charge is 0.309 e. The van der Waals surface area contributed by atoms with Gasteiger partial charge in [-0.15, -0.1) is 22.7 Å². The molecular formula is C55H51F6NS2. The molecule has 0 bridgehead atoms. The molecule has 0 N–H and O–H groups in total. The van der Waals surface area contributed by atoms with Gasteiger partial charge in [0.2, 0.25) is 0 Å². The Balaban J connectivity index is 1.21. The van der Waals surface area contributed by atoms with E-state index in [1.54, 1.807) is 91.0 Å². The molecule has 0 amide bonds. The van der Waals surface area contributed by atoms with Gasteiger partial charge in [-0.2, -0.15) is 26.3 Å². The molecule has 6 aromatic rings. The lowest BCUT2D eigenvalue weighted by atomic mass is 9.94. The van der Waals surface area contributed by atoms with Crippen LogP contribution in [0.2, 0.25) is 0 Å². The molecule has 0 aliphatic heterocycles. The van der Waals surface area contributed by atoms with Gasteiger partial charge in [0.15, 0.2) is 0 Å². The zero-order chi connectivity index (χ0) is 45.2. The number of benzene rings is 4. The highest BCUT2D eigenvalue weighted by Gasteiger charge is 2.80. The summed E-state index contributed by atoms with van der Waals surface area (Å²) in [7, 11) is 4.23. The Hall–Kier alpha value is -5.32. The minimum Gasteiger partial charge on any atom is -0.309 e. The molecule has 64 heavy (non-hydrogen) atoms. The number of hydrogen-bond acceptors (Lipinski definition) is 3. The lowest BCUT2D eigenvalue weighted by Gasteiger charge is -2.25. The minimum atomic E-state index is -5.76. The third-order valence-corrected chi connectivity index (χ3v) is 13.7. The molecule has 2 heterocycles. The van der Waals surface area contributed by atoms with Gasteiger partial charge < -0.3 is 4.90 Å².